The highest BCUT2D eigenvalue weighted by atomic mass is 35.5. The van der Waals surface area contributed by atoms with Crippen LogP contribution in [0, 0.1) is 0 Å². The first-order valence-corrected chi connectivity index (χ1v) is 5.67. The van der Waals surface area contributed by atoms with Gasteiger partial charge in [-0.05, 0) is 31.0 Å². The number of carbonyl (C=O) groups is 1. The topological polar surface area (TPSA) is 38.3 Å². The zero-order valence-corrected chi connectivity index (χ0v) is 10.3. The van der Waals surface area contributed by atoms with Crippen LogP contribution in [0.4, 0.5) is 0 Å². The van der Waals surface area contributed by atoms with Gasteiger partial charge in [0.1, 0.15) is 5.75 Å². The average Bonchev–Trinajstić information content (AvgIpc) is 2.21. The number of hydrogen-bond donors (Lipinski definition) is 1. The number of ether oxygens (including phenoxy) is 1. The number of halogens is 1. The Balaban J connectivity index is 2.55. The minimum Gasteiger partial charge on any atom is -0.492 e. The number of carbonyl (C=O) groups excluding carboxylic acids is 1. The van der Waals surface area contributed by atoms with E-state index < -0.39 is 0 Å². The molecule has 0 atom stereocenters. The molecule has 0 bridgehead atoms. The highest BCUT2D eigenvalue weighted by Crippen LogP contribution is 2.25. The standard InChI is InChI=1S/C12H16ClNO2/c1-3-16-12-5-4-10(8-11(12)13)6-7-14-9(2)15/h4-5,8H,3,6-7H2,1-2H3,(H,14,15). The van der Waals surface area contributed by atoms with Gasteiger partial charge in [-0.15, -0.1) is 0 Å². The minimum atomic E-state index is -0.0166. The molecule has 0 heterocycles. The van der Waals surface area contributed by atoms with Gasteiger partial charge in [0.2, 0.25) is 5.91 Å². The quantitative estimate of drug-likeness (QED) is 0.860. The maximum atomic E-state index is 10.7. The molecule has 0 fully saturated rings. The summed E-state index contributed by atoms with van der Waals surface area (Å²) in [6, 6.07) is 5.68. The molecule has 1 N–H and O–H groups in total. The van der Waals surface area contributed by atoms with Crippen LogP contribution in [0.25, 0.3) is 0 Å². The van der Waals surface area contributed by atoms with Crippen LogP contribution in [-0.2, 0) is 11.2 Å². The van der Waals surface area contributed by atoms with E-state index in [0.29, 0.717) is 23.9 Å². The van der Waals surface area contributed by atoms with Crippen LogP contribution >= 0.6 is 11.6 Å². The average molecular weight is 242 g/mol. The van der Waals surface area contributed by atoms with Crippen molar-refractivity contribution in [2.45, 2.75) is 20.3 Å². The molecular weight excluding hydrogens is 226 g/mol. The third-order valence-electron chi connectivity index (χ3n) is 2.08. The summed E-state index contributed by atoms with van der Waals surface area (Å²) < 4.78 is 5.33. The second kappa shape index (κ2) is 6.38. The lowest BCUT2D eigenvalue weighted by Gasteiger charge is -2.08. The van der Waals surface area contributed by atoms with E-state index in [2.05, 4.69) is 5.32 Å². The van der Waals surface area contributed by atoms with E-state index >= 15 is 0 Å². The molecule has 0 aliphatic carbocycles. The van der Waals surface area contributed by atoms with Crippen LogP contribution in [0.1, 0.15) is 19.4 Å². The summed E-state index contributed by atoms with van der Waals surface area (Å²) in [4.78, 5) is 10.7. The lowest BCUT2D eigenvalue weighted by molar-refractivity contribution is -0.118. The van der Waals surface area contributed by atoms with Crippen LogP contribution in [0.3, 0.4) is 0 Å². The van der Waals surface area contributed by atoms with Crippen LogP contribution in [0.15, 0.2) is 18.2 Å². The predicted molar refractivity (Wildman–Crippen MR) is 65.0 cm³/mol. The summed E-state index contributed by atoms with van der Waals surface area (Å²) in [5.41, 5.74) is 1.09. The maximum Gasteiger partial charge on any atom is 0.216 e. The van der Waals surface area contributed by atoms with Crippen molar-refractivity contribution in [3.63, 3.8) is 0 Å². The van der Waals surface area contributed by atoms with Crippen LogP contribution in [0.5, 0.6) is 5.75 Å². The van der Waals surface area contributed by atoms with E-state index in [1.807, 2.05) is 25.1 Å². The number of hydrogen-bond acceptors (Lipinski definition) is 2. The number of rotatable bonds is 5. The van der Waals surface area contributed by atoms with Gasteiger partial charge in [0, 0.05) is 13.5 Å². The van der Waals surface area contributed by atoms with Gasteiger partial charge in [0.15, 0.2) is 0 Å². The molecule has 0 unspecified atom stereocenters. The van der Waals surface area contributed by atoms with Gasteiger partial charge in [-0.2, -0.15) is 0 Å². The molecule has 0 saturated heterocycles. The molecule has 1 rings (SSSR count). The smallest absolute Gasteiger partial charge is 0.216 e. The van der Waals surface area contributed by atoms with Crippen molar-refractivity contribution in [1.29, 1.82) is 0 Å². The number of amides is 1. The van der Waals surface area contributed by atoms with Gasteiger partial charge in [-0.3, -0.25) is 4.79 Å². The molecule has 0 saturated carbocycles. The van der Waals surface area contributed by atoms with Gasteiger partial charge in [-0.25, -0.2) is 0 Å². The Morgan fingerprint density at radius 2 is 2.25 bits per heavy atom. The van der Waals surface area contributed by atoms with E-state index in [9.17, 15) is 4.79 Å². The van der Waals surface area contributed by atoms with Gasteiger partial charge in [-0.1, -0.05) is 17.7 Å². The Labute approximate surface area is 101 Å². The molecule has 1 aromatic rings. The summed E-state index contributed by atoms with van der Waals surface area (Å²) in [5.74, 6) is 0.685. The Kier molecular flexibility index (Phi) is 5.12. The van der Waals surface area contributed by atoms with Crippen molar-refractivity contribution in [1.82, 2.24) is 5.32 Å². The lowest BCUT2D eigenvalue weighted by Crippen LogP contribution is -2.22. The van der Waals surface area contributed by atoms with Crippen molar-refractivity contribution in [2.24, 2.45) is 0 Å². The minimum absolute atomic E-state index is 0.0166. The van der Waals surface area contributed by atoms with Crippen LogP contribution < -0.4 is 10.1 Å². The van der Waals surface area contributed by atoms with Crippen molar-refractivity contribution in [3.8, 4) is 5.75 Å². The summed E-state index contributed by atoms with van der Waals surface area (Å²) >= 11 is 6.04. The third-order valence-corrected chi connectivity index (χ3v) is 2.38. The lowest BCUT2D eigenvalue weighted by atomic mass is 10.1. The van der Waals surface area contributed by atoms with E-state index in [-0.39, 0.29) is 5.91 Å². The molecular formula is C12H16ClNO2. The monoisotopic (exact) mass is 241 g/mol. The zero-order valence-electron chi connectivity index (χ0n) is 9.55. The molecule has 88 valence electrons. The first kappa shape index (κ1) is 12.8. The normalized spacial score (nSPS) is 9.94. The molecule has 0 aliphatic rings. The Morgan fingerprint density at radius 3 is 2.81 bits per heavy atom. The maximum absolute atomic E-state index is 10.7. The van der Waals surface area contributed by atoms with Gasteiger partial charge in [0.25, 0.3) is 0 Å². The molecule has 0 aliphatic heterocycles. The zero-order chi connectivity index (χ0) is 12.0. The highest BCUT2D eigenvalue weighted by molar-refractivity contribution is 6.32. The van der Waals surface area contributed by atoms with Crippen molar-refractivity contribution in [3.05, 3.63) is 28.8 Å². The Hall–Kier alpha value is -1.22. The van der Waals surface area contributed by atoms with Crippen LogP contribution in [-0.4, -0.2) is 19.1 Å². The molecule has 0 radical (unpaired) electrons. The SMILES string of the molecule is CCOc1ccc(CCNC(C)=O)cc1Cl. The van der Waals surface area contributed by atoms with Gasteiger partial charge < -0.3 is 10.1 Å². The molecule has 1 aromatic carbocycles. The molecule has 16 heavy (non-hydrogen) atoms. The van der Waals surface area contributed by atoms with E-state index in [0.717, 1.165) is 12.0 Å². The fourth-order valence-electron chi connectivity index (χ4n) is 1.36. The summed E-state index contributed by atoms with van der Waals surface area (Å²) in [7, 11) is 0. The molecule has 0 spiro atoms. The van der Waals surface area contributed by atoms with E-state index in [1.54, 1.807) is 0 Å². The first-order valence-electron chi connectivity index (χ1n) is 5.29. The summed E-state index contributed by atoms with van der Waals surface area (Å²) in [6.45, 7) is 4.65. The van der Waals surface area contributed by atoms with E-state index in [4.69, 9.17) is 16.3 Å². The van der Waals surface area contributed by atoms with Crippen molar-refractivity contribution >= 4 is 17.5 Å². The summed E-state index contributed by atoms with van der Waals surface area (Å²) in [5, 5.41) is 3.35. The second-order valence-corrected chi connectivity index (χ2v) is 3.84. The first-order chi connectivity index (χ1) is 7.63. The predicted octanol–water partition coefficient (Wildman–Crippen LogP) is 2.42. The van der Waals surface area contributed by atoms with E-state index in [1.165, 1.54) is 6.92 Å². The summed E-state index contributed by atoms with van der Waals surface area (Å²) in [6.07, 6.45) is 0.770. The fourth-order valence-corrected chi connectivity index (χ4v) is 1.61. The Morgan fingerprint density at radius 1 is 1.50 bits per heavy atom. The molecule has 4 heteroatoms. The van der Waals surface area contributed by atoms with Gasteiger partial charge in [0.05, 0.1) is 11.6 Å². The number of nitrogens with one attached hydrogen (secondary N) is 1. The van der Waals surface area contributed by atoms with Crippen LogP contribution in [0.2, 0.25) is 5.02 Å². The molecule has 0 aromatic heterocycles. The second-order valence-electron chi connectivity index (χ2n) is 3.43. The fraction of sp³-hybridized carbons (Fsp3) is 0.417. The number of benzene rings is 1. The Bertz CT molecular complexity index is 366. The van der Waals surface area contributed by atoms with Crippen molar-refractivity contribution in [2.75, 3.05) is 13.2 Å². The molecule has 3 nitrogen and oxygen atoms in total. The highest BCUT2D eigenvalue weighted by Gasteiger charge is 2.02. The van der Waals surface area contributed by atoms with Crippen molar-refractivity contribution < 1.29 is 9.53 Å². The van der Waals surface area contributed by atoms with Gasteiger partial charge >= 0.3 is 0 Å². The largest absolute Gasteiger partial charge is 0.492 e. The molecule has 1 amide bonds. The third kappa shape index (κ3) is 4.11.